The molecule has 0 N–H and O–H groups in total. The number of ketones is 1. The highest BCUT2D eigenvalue weighted by atomic mass is 35.5. The molecule has 4 aliphatic rings. The van der Waals surface area contributed by atoms with E-state index in [9.17, 15) is 13.8 Å². The molecule has 9 nitrogen and oxygen atoms in total. The zero-order valence-corrected chi connectivity index (χ0v) is 31.8. The predicted molar refractivity (Wildman–Crippen MR) is 205 cm³/mol. The van der Waals surface area contributed by atoms with Gasteiger partial charge in [-0.05, 0) is 104 Å². The van der Waals surface area contributed by atoms with Crippen molar-refractivity contribution in [3.63, 3.8) is 0 Å². The van der Waals surface area contributed by atoms with Gasteiger partial charge in [-0.25, -0.2) is 4.21 Å². The molecule has 4 heterocycles. The summed E-state index contributed by atoms with van der Waals surface area (Å²) in [4.78, 5) is 30.3. The van der Waals surface area contributed by atoms with Crippen molar-refractivity contribution in [3.05, 3.63) is 93.8 Å². The summed E-state index contributed by atoms with van der Waals surface area (Å²) in [6.45, 7) is 5.63. The number of hydrogen-bond acceptors (Lipinski definition) is 7. The number of carbonyl (C=O) groups excluding carboxylic acids is 2. The molecule has 1 amide bonds. The molecule has 0 spiro atoms. The summed E-state index contributed by atoms with van der Waals surface area (Å²) in [5.74, 6) is 0.344. The molecule has 3 aromatic rings. The Bertz CT molecular complexity index is 1920. The van der Waals surface area contributed by atoms with Crippen LogP contribution in [0.15, 0.2) is 65.2 Å². The molecule has 1 unspecified atom stereocenters. The minimum Gasteiger partial charge on any atom is -0.491 e. The van der Waals surface area contributed by atoms with Gasteiger partial charge in [0, 0.05) is 60.5 Å². The van der Waals surface area contributed by atoms with Gasteiger partial charge in [-0.3, -0.25) is 9.59 Å². The van der Waals surface area contributed by atoms with Gasteiger partial charge in [0.1, 0.15) is 5.75 Å². The molecule has 0 saturated heterocycles. The number of halogens is 1. The van der Waals surface area contributed by atoms with E-state index in [2.05, 4.69) is 40.5 Å². The van der Waals surface area contributed by atoms with Gasteiger partial charge in [0.05, 0.1) is 47.1 Å². The van der Waals surface area contributed by atoms with Crippen molar-refractivity contribution in [2.75, 3.05) is 43.3 Å². The Hall–Kier alpha value is -3.44. The van der Waals surface area contributed by atoms with Crippen molar-refractivity contribution >= 4 is 38.7 Å². The number of benzene rings is 2. The van der Waals surface area contributed by atoms with Crippen LogP contribution in [0.3, 0.4) is 0 Å². The Morgan fingerprint density at radius 1 is 1.10 bits per heavy atom. The highest BCUT2D eigenvalue weighted by molar-refractivity contribution is 7.94. The monoisotopic (exact) mass is 747 g/mol. The van der Waals surface area contributed by atoms with Crippen LogP contribution in [-0.4, -0.2) is 64.9 Å². The Balaban J connectivity index is 1.31. The number of fused-ring (bicyclic) bond motifs is 4. The molecule has 52 heavy (non-hydrogen) atoms. The quantitative estimate of drug-likeness (QED) is 0.193. The lowest BCUT2D eigenvalue weighted by molar-refractivity contribution is 0.0133. The smallest absolute Gasteiger partial charge is 0.285 e. The van der Waals surface area contributed by atoms with E-state index >= 15 is 0 Å². The first kappa shape index (κ1) is 36.9. The summed E-state index contributed by atoms with van der Waals surface area (Å²) in [7, 11) is -1.52. The van der Waals surface area contributed by atoms with Gasteiger partial charge in [-0.2, -0.15) is 4.36 Å². The lowest BCUT2D eigenvalue weighted by Gasteiger charge is -2.43. The number of Topliss-reactive ketones (excluding diaryl/α,β-unsaturated/α-hetero) is 1. The van der Waals surface area contributed by atoms with Crippen LogP contribution in [0.1, 0.15) is 83.0 Å². The second-order valence-corrected chi connectivity index (χ2v) is 17.6. The number of aryl methyl sites for hydroxylation is 1. The van der Waals surface area contributed by atoms with E-state index in [1.807, 2.05) is 35.0 Å². The molecule has 2 aromatic carbocycles. The number of nitrogens with zero attached hydrogens (tertiary/aromatic N) is 3. The van der Waals surface area contributed by atoms with Crippen LogP contribution >= 0.6 is 11.6 Å². The first-order valence-electron chi connectivity index (χ1n) is 18.8. The zero-order chi connectivity index (χ0) is 36.2. The summed E-state index contributed by atoms with van der Waals surface area (Å²) in [6, 6.07) is 13.4. The van der Waals surface area contributed by atoms with Gasteiger partial charge in [0.2, 0.25) is 0 Å². The van der Waals surface area contributed by atoms with Crippen molar-refractivity contribution in [1.82, 2.24) is 4.57 Å². The molecule has 2 bridgehead atoms. The summed E-state index contributed by atoms with van der Waals surface area (Å²) in [5.41, 5.74) is 4.94. The molecule has 11 heteroatoms. The predicted octanol–water partition coefficient (Wildman–Crippen LogP) is 7.91. The fourth-order valence-electron chi connectivity index (χ4n) is 8.11. The van der Waals surface area contributed by atoms with Crippen molar-refractivity contribution in [3.8, 4) is 5.75 Å². The fraction of sp³-hybridized carbons (Fsp3) is 0.512. The average molecular weight is 748 g/mol. The molecule has 5 atom stereocenters. The number of rotatable bonds is 5. The molecule has 1 saturated carbocycles. The number of hydrogen-bond donors (Lipinski definition) is 0. The maximum atomic E-state index is 14.9. The number of anilines is 1. The maximum absolute atomic E-state index is 14.9. The molecule has 278 valence electrons. The van der Waals surface area contributed by atoms with E-state index in [1.165, 1.54) is 11.1 Å². The SMILES string of the molecule is CC[C@H]1C/C=C/[C@H](OC)[C@@H]2CC[C@H]2CN2Cc3ccc(Cl)cc3CCCCOc3ccc(cc32)C(=O)N=S(=O)(CC(=O)c2cc3n(c2)CCOC3)C1. The minimum absolute atomic E-state index is 0.0313. The van der Waals surface area contributed by atoms with Crippen LogP contribution in [0.2, 0.25) is 5.02 Å². The van der Waals surface area contributed by atoms with Crippen LogP contribution in [0.5, 0.6) is 5.75 Å². The van der Waals surface area contributed by atoms with Crippen molar-refractivity contribution in [2.24, 2.45) is 22.1 Å². The second-order valence-electron chi connectivity index (χ2n) is 14.8. The number of amides is 1. The lowest BCUT2D eigenvalue weighted by Crippen LogP contribution is -2.43. The average Bonchev–Trinajstić information content (AvgIpc) is 3.56. The van der Waals surface area contributed by atoms with Gasteiger partial charge < -0.3 is 23.7 Å². The van der Waals surface area contributed by atoms with Crippen molar-refractivity contribution in [1.29, 1.82) is 0 Å². The first-order valence-corrected chi connectivity index (χ1v) is 21.0. The van der Waals surface area contributed by atoms with Gasteiger partial charge in [0.15, 0.2) is 5.78 Å². The molecular weight excluding hydrogens is 698 g/mol. The molecule has 1 aromatic heterocycles. The van der Waals surface area contributed by atoms with Crippen LogP contribution < -0.4 is 9.64 Å². The molecule has 1 fully saturated rings. The summed E-state index contributed by atoms with van der Waals surface area (Å²) in [5, 5.41) is 0.722. The largest absolute Gasteiger partial charge is 0.491 e. The van der Waals surface area contributed by atoms with Crippen molar-refractivity contribution in [2.45, 2.75) is 77.7 Å². The molecule has 3 aliphatic heterocycles. The van der Waals surface area contributed by atoms with E-state index < -0.39 is 15.6 Å². The summed E-state index contributed by atoms with van der Waals surface area (Å²) in [6.07, 6.45) is 12.3. The second kappa shape index (κ2) is 16.3. The third-order valence-electron chi connectivity index (χ3n) is 11.3. The zero-order valence-electron chi connectivity index (χ0n) is 30.3. The van der Waals surface area contributed by atoms with Crippen LogP contribution in [0.4, 0.5) is 5.69 Å². The van der Waals surface area contributed by atoms with E-state index in [-0.39, 0.29) is 29.3 Å². The van der Waals surface area contributed by atoms with Gasteiger partial charge in [-0.15, -0.1) is 0 Å². The standard InChI is InChI=1S/C41H50ClN3O6S/c1-3-28-7-6-9-39(49-2)36-14-11-32(36)23-45-22-31-10-13-34(42)19-29(31)8-4-5-17-51-40-15-12-30(21-37(40)45)41(47)43-52(48,26-28)27-38(46)33-20-35-25-50-18-16-44(35)24-33/h6,9-10,12-13,15,19-21,24,28,32,36,39H,3-5,7-8,11,14,16-18,22-23,25-27H2,1-2H3/b9-6+/t28-,32-,36+,39-,52?/m0/s1. The molecule has 1 aliphatic carbocycles. The van der Waals surface area contributed by atoms with E-state index in [1.54, 1.807) is 13.2 Å². The Morgan fingerprint density at radius 3 is 2.77 bits per heavy atom. The fourth-order valence-corrected chi connectivity index (χ4v) is 10.7. The van der Waals surface area contributed by atoms with Gasteiger partial charge in [-0.1, -0.05) is 43.2 Å². The first-order chi connectivity index (χ1) is 25.2. The molecule has 7 rings (SSSR count). The molecular formula is C41H50ClN3O6S. The third-order valence-corrected chi connectivity index (χ3v) is 13.7. The number of carbonyl (C=O) groups is 2. The number of methoxy groups -OCH3 is 1. The summed E-state index contributed by atoms with van der Waals surface area (Å²) < 4.78 is 39.4. The normalized spacial score (nSPS) is 27.4. The van der Waals surface area contributed by atoms with E-state index in [4.69, 9.17) is 25.8 Å². The minimum atomic E-state index is -3.30. The number of ether oxygens (including phenoxy) is 3. The van der Waals surface area contributed by atoms with Crippen LogP contribution in [0.25, 0.3) is 0 Å². The molecule has 0 radical (unpaired) electrons. The van der Waals surface area contributed by atoms with Gasteiger partial charge in [0.25, 0.3) is 5.91 Å². The van der Waals surface area contributed by atoms with Crippen LogP contribution in [-0.2, 0) is 45.3 Å². The Kier molecular flexibility index (Phi) is 11.6. The van der Waals surface area contributed by atoms with Crippen molar-refractivity contribution < 1.29 is 28.0 Å². The highest BCUT2D eigenvalue weighted by Gasteiger charge is 2.38. The Labute approximate surface area is 312 Å². The lowest BCUT2D eigenvalue weighted by atomic mass is 9.70. The maximum Gasteiger partial charge on any atom is 0.285 e. The Morgan fingerprint density at radius 2 is 1.98 bits per heavy atom. The topological polar surface area (TPSA) is 99.4 Å². The van der Waals surface area contributed by atoms with E-state index in [0.717, 1.165) is 61.5 Å². The number of allylic oxidation sites excluding steroid dienone is 1. The van der Waals surface area contributed by atoms with Crippen LogP contribution in [0, 0.1) is 17.8 Å². The highest BCUT2D eigenvalue weighted by Crippen LogP contribution is 2.42. The third kappa shape index (κ3) is 8.35. The van der Waals surface area contributed by atoms with Gasteiger partial charge >= 0.3 is 0 Å². The summed E-state index contributed by atoms with van der Waals surface area (Å²) >= 11 is 6.49. The van der Waals surface area contributed by atoms with E-state index in [0.29, 0.717) is 68.0 Å². The number of aromatic nitrogens is 1.